The quantitative estimate of drug-likeness (QED) is 0.477. The van der Waals surface area contributed by atoms with Gasteiger partial charge in [-0.15, -0.1) is 10.2 Å². The lowest BCUT2D eigenvalue weighted by atomic mass is 10.1. The largest absolute Gasteiger partial charge is 0.497 e. The number of nitrogens with zero attached hydrogens (tertiary/aromatic N) is 3. The highest BCUT2D eigenvalue weighted by atomic mass is 32.2. The summed E-state index contributed by atoms with van der Waals surface area (Å²) in [5.74, 6) is 2.16. The van der Waals surface area contributed by atoms with E-state index < -0.39 is 0 Å². The first kappa shape index (κ1) is 19.5. The van der Waals surface area contributed by atoms with Crippen molar-refractivity contribution in [3.8, 4) is 17.2 Å². The number of thioether (sulfide) groups is 1. The van der Waals surface area contributed by atoms with Crippen molar-refractivity contribution in [2.45, 2.75) is 12.1 Å². The van der Waals surface area contributed by atoms with E-state index in [0.717, 1.165) is 27.9 Å². The van der Waals surface area contributed by atoms with Crippen LogP contribution in [0.25, 0.3) is 16.6 Å². The number of benzene rings is 2. The van der Waals surface area contributed by atoms with Crippen LogP contribution in [0.2, 0.25) is 0 Å². The van der Waals surface area contributed by atoms with Crippen LogP contribution in [-0.2, 0) is 4.79 Å². The standard InChI is InChI=1S/C22H20N4O4S/c1-13-9-14-10-16(28-2)4-5-17(14)26-21(13)24-25-22(26)31-12-20(27)23-15-3-6-18-19(11-15)30-8-7-29-18/h3-6,9-11H,7-8,12H2,1-2H3,(H,23,27). The van der Waals surface area contributed by atoms with Crippen LogP contribution in [0.1, 0.15) is 5.56 Å². The van der Waals surface area contributed by atoms with Gasteiger partial charge in [-0.3, -0.25) is 9.20 Å². The third-order valence-corrected chi connectivity index (χ3v) is 5.92. The van der Waals surface area contributed by atoms with Crippen LogP contribution in [0.3, 0.4) is 0 Å². The second-order valence-corrected chi connectivity index (χ2v) is 8.03. The topological polar surface area (TPSA) is 87.0 Å². The summed E-state index contributed by atoms with van der Waals surface area (Å²) in [5.41, 5.74) is 3.39. The van der Waals surface area contributed by atoms with Gasteiger partial charge in [-0.05, 0) is 48.9 Å². The number of anilines is 1. The zero-order chi connectivity index (χ0) is 21.4. The van der Waals surface area contributed by atoms with Crippen LogP contribution in [0.4, 0.5) is 5.69 Å². The fraction of sp³-hybridized carbons (Fsp3) is 0.227. The van der Waals surface area contributed by atoms with E-state index in [-0.39, 0.29) is 11.7 Å². The second-order valence-electron chi connectivity index (χ2n) is 7.09. The third-order valence-electron chi connectivity index (χ3n) is 4.99. The van der Waals surface area contributed by atoms with E-state index in [1.54, 1.807) is 25.3 Å². The Bertz CT molecular complexity index is 1300. The minimum Gasteiger partial charge on any atom is -0.497 e. The summed E-state index contributed by atoms with van der Waals surface area (Å²) >= 11 is 1.34. The molecule has 0 radical (unpaired) electrons. The Morgan fingerprint density at radius 2 is 1.97 bits per heavy atom. The van der Waals surface area contributed by atoms with Crippen LogP contribution >= 0.6 is 11.8 Å². The number of amides is 1. The molecule has 5 rings (SSSR count). The van der Waals surface area contributed by atoms with Crippen molar-refractivity contribution >= 4 is 39.9 Å². The number of hydrogen-bond acceptors (Lipinski definition) is 7. The molecule has 2 aromatic carbocycles. The minimum atomic E-state index is -0.142. The van der Waals surface area contributed by atoms with E-state index in [0.29, 0.717) is 35.6 Å². The average molecular weight is 436 g/mol. The van der Waals surface area contributed by atoms with Gasteiger partial charge < -0.3 is 19.5 Å². The van der Waals surface area contributed by atoms with Crippen LogP contribution in [0.5, 0.6) is 17.2 Å². The van der Waals surface area contributed by atoms with Gasteiger partial charge in [-0.1, -0.05) is 11.8 Å². The molecule has 9 heteroatoms. The van der Waals surface area contributed by atoms with E-state index in [1.807, 2.05) is 29.5 Å². The van der Waals surface area contributed by atoms with Gasteiger partial charge >= 0.3 is 0 Å². The first-order chi connectivity index (χ1) is 15.1. The van der Waals surface area contributed by atoms with Crippen molar-refractivity contribution in [2.24, 2.45) is 0 Å². The highest BCUT2D eigenvalue weighted by Gasteiger charge is 2.16. The highest BCUT2D eigenvalue weighted by molar-refractivity contribution is 7.99. The number of nitrogens with one attached hydrogen (secondary N) is 1. The molecular weight excluding hydrogens is 416 g/mol. The lowest BCUT2D eigenvalue weighted by molar-refractivity contribution is -0.113. The van der Waals surface area contributed by atoms with E-state index >= 15 is 0 Å². The molecule has 0 fully saturated rings. The summed E-state index contributed by atoms with van der Waals surface area (Å²) in [7, 11) is 1.65. The molecule has 4 aromatic rings. The summed E-state index contributed by atoms with van der Waals surface area (Å²) in [6, 6.07) is 13.3. The molecule has 1 amide bonds. The summed E-state index contributed by atoms with van der Waals surface area (Å²) in [4.78, 5) is 12.5. The zero-order valence-corrected chi connectivity index (χ0v) is 17.9. The molecule has 0 spiro atoms. The number of carbonyl (C=O) groups is 1. The number of aryl methyl sites for hydroxylation is 1. The monoisotopic (exact) mass is 436 g/mol. The van der Waals surface area contributed by atoms with Gasteiger partial charge in [-0.2, -0.15) is 0 Å². The number of fused-ring (bicyclic) bond motifs is 4. The lowest BCUT2D eigenvalue weighted by Gasteiger charge is -2.18. The summed E-state index contributed by atoms with van der Waals surface area (Å²) < 4.78 is 18.4. The molecule has 8 nitrogen and oxygen atoms in total. The number of rotatable bonds is 5. The molecule has 31 heavy (non-hydrogen) atoms. The van der Waals surface area contributed by atoms with Crippen LogP contribution < -0.4 is 19.5 Å². The van der Waals surface area contributed by atoms with Crippen molar-refractivity contribution in [1.29, 1.82) is 0 Å². The first-order valence-corrected chi connectivity index (χ1v) is 10.8. The molecule has 158 valence electrons. The molecule has 1 aliphatic heterocycles. The van der Waals surface area contributed by atoms with E-state index in [2.05, 4.69) is 21.6 Å². The zero-order valence-electron chi connectivity index (χ0n) is 17.0. The van der Waals surface area contributed by atoms with Gasteiger partial charge in [0.25, 0.3) is 0 Å². The predicted octanol–water partition coefficient (Wildman–Crippen LogP) is 3.70. The fourth-order valence-electron chi connectivity index (χ4n) is 3.56. The molecular formula is C22H20N4O4S. The number of pyridine rings is 1. The lowest BCUT2D eigenvalue weighted by Crippen LogP contribution is -2.17. The molecule has 0 saturated carbocycles. The number of aromatic nitrogens is 3. The highest BCUT2D eigenvalue weighted by Crippen LogP contribution is 2.33. The van der Waals surface area contributed by atoms with Crippen molar-refractivity contribution in [2.75, 3.05) is 31.4 Å². The Kier molecular flexibility index (Phi) is 5.03. The minimum absolute atomic E-state index is 0.142. The Labute approximate surface area is 182 Å². The Morgan fingerprint density at radius 1 is 1.13 bits per heavy atom. The maximum absolute atomic E-state index is 12.5. The van der Waals surface area contributed by atoms with E-state index in [9.17, 15) is 4.79 Å². The van der Waals surface area contributed by atoms with E-state index in [4.69, 9.17) is 14.2 Å². The molecule has 0 aliphatic carbocycles. The molecule has 1 aliphatic rings. The summed E-state index contributed by atoms with van der Waals surface area (Å²) in [6.45, 7) is 3.02. The molecule has 0 saturated heterocycles. The SMILES string of the molecule is COc1ccc2c(c1)cc(C)c1nnc(SCC(=O)Nc3ccc4c(c3)OCCO4)n12. The average Bonchev–Trinajstić information content (AvgIpc) is 3.22. The number of methoxy groups -OCH3 is 1. The van der Waals surface area contributed by atoms with Gasteiger partial charge in [0.15, 0.2) is 22.3 Å². The third kappa shape index (κ3) is 3.72. The number of hydrogen-bond donors (Lipinski definition) is 1. The molecule has 0 atom stereocenters. The second kappa shape index (κ2) is 7.99. The number of ether oxygens (including phenoxy) is 3. The van der Waals surface area contributed by atoms with Crippen molar-refractivity contribution < 1.29 is 19.0 Å². The van der Waals surface area contributed by atoms with Gasteiger partial charge in [0.05, 0.1) is 18.4 Å². The van der Waals surface area contributed by atoms with Gasteiger partial charge in [0, 0.05) is 17.1 Å². The smallest absolute Gasteiger partial charge is 0.234 e. The van der Waals surface area contributed by atoms with E-state index in [1.165, 1.54) is 11.8 Å². The Morgan fingerprint density at radius 3 is 2.81 bits per heavy atom. The summed E-state index contributed by atoms with van der Waals surface area (Å²) in [5, 5.41) is 13.2. The van der Waals surface area contributed by atoms with Crippen LogP contribution in [0.15, 0.2) is 47.6 Å². The maximum atomic E-state index is 12.5. The maximum Gasteiger partial charge on any atom is 0.234 e. The normalized spacial score (nSPS) is 12.8. The molecule has 0 bridgehead atoms. The predicted molar refractivity (Wildman–Crippen MR) is 119 cm³/mol. The van der Waals surface area contributed by atoms with Crippen LogP contribution in [0, 0.1) is 6.92 Å². The molecule has 2 aromatic heterocycles. The van der Waals surface area contributed by atoms with Crippen molar-refractivity contribution in [3.63, 3.8) is 0 Å². The summed E-state index contributed by atoms with van der Waals surface area (Å²) in [6.07, 6.45) is 0. The Balaban J connectivity index is 1.36. The van der Waals surface area contributed by atoms with Gasteiger partial charge in [0.1, 0.15) is 19.0 Å². The molecule has 3 heterocycles. The van der Waals surface area contributed by atoms with Gasteiger partial charge in [-0.25, -0.2) is 0 Å². The first-order valence-electron chi connectivity index (χ1n) is 9.77. The van der Waals surface area contributed by atoms with Crippen molar-refractivity contribution in [3.05, 3.63) is 48.0 Å². The van der Waals surface area contributed by atoms with Gasteiger partial charge in [0.2, 0.25) is 5.91 Å². The number of carbonyl (C=O) groups excluding carboxylic acids is 1. The molecule has 1 N–H and O–H groups in total. The molecule has 0 unspecified atom stereocenters. The fourth-order valence-corrected chi connectivity index (χ4v) is 4.31. The van der Waals surface area contributed by atoms with Crippen molar-refractivity contribution in [1.82, 2.24) is 14.6 Å². The Hall–Kier alpha value is -3.46. The van der Waals surface area contributed by atoms with Crippen LogP contribution in [-0.4, -0.2) is 46.6 Å².